The number of aryl methyl sites for hydroxylation is 1. The average molecular weight is 245 g/mol. The van der Waals surface area contributed by atoms with Crippen LogP contribution in [0.15, 0.2) is 18.2 Å². The van der Waals surface area contributed by atoms with Crippen LogP contribution in [0, 0.1) is 6.92 Å². The van der Waals surface area contributed by atoms with Crippen LogP contribution in [0.5, 0.6) is 0 Å². The minimum Gasteiger partial charge on any atom is -0.397 e. The molecule has 2 aliphatic rings. The summed E-state index contributed by atoms with van der Waals surface area (Å²) in [7, 11) is 0. The van der Waals surface area contributed by atoms with Gasteiger partial charge in [0.25, 0.3) is 0 Å². The zero-order valence-corrected chi connectivity index (χ0v) is 11.2. The second-order valence-corrected chi connectivity index (χ2v) is 5.69. The van der Waals surface area contributed by atoms with E-state index in [9.17, 15) is 0 Å². The van der Waals surface area contributed by atoms with Gasteiger partial charge in [0.1, 0.15) is 0 Å². The maximum atomic E-state index is 6.14. The van der Waals surface area contributed by atoms with Crippen molar-refractivity contribution in [1.82, 2.24) is 4.90 Å². The summed E-state index contributed by atoms with van der Waals surface area (Å²) in [5.41, 5.74) is 9.54. The fourth-order valence-corrected chi connectivity index (χ4v) is 3.33. The molecule has 3 heteroatoms. The van der Waals surface area contributed by atoms with E-state index in [2.05, 4.69) is 34.9 Å². The first-order valence-electron chi connectivity index (χ1n) is 7.09. The van der Waals surface area contributed by atoms with Crippen molar-refractivity contribution in [1.29, 1.82) is 0 Å². The molecular weight excluding hydrogens is 222 g/mol. The summed E-state index contributed by atoms with van der Waals surface area (Å²) in [6.45, 7) is 6.97. The molecule has 0 aromatic heterocycles. The van der Waals surface area contributed by atoms with Gasteiger partial charge in [0.15, 0.2) is 0 Å². The van der Waals surface area contributed by atoms with Crippen LogP contribution in [0.3, 0.4) is 0 Å². The molecule has 3 rings (SSSR count). The van der Waals surface area contributed by atoms with E-state index in [1.165, 1.54) is 43.6 Å². The summed E-state index contributed by atoms with van der Waals surface area (Å²) in [5, 5.41) is 0. The molecule has 2 aliphatic heterocycles. The first kappa shape index (κ1) is 11.8. The fourth-order valence-electron chi connectivity index (χ4n) is 3.33. The molecule has 1 aromatic carbocycles. The molecule has 0 saturated carbocycles. The summed E-state index contributed by atoms with van der Waals surface area (Å²) in [4.78, 5) is 5.11. The van der Waals surface area contributed by atoms with E-state index in [1.54, 1.807) is 0 Å². The van der Waals surface area contributed by atoms with Gasteiger partial charge < -0.3 is 10.6 Å². The van der Waals surface area contributed by atoms with Gasteiger partial charge in [0, 0.05) is 19.1 Å². The van der Waals surface area contributed by atoms with Gasteiger partial charge in [-0.05, 0) is 57.0 Å². The number of rotatable bonds is 2. The summed E-state index contributed by atoms with van der Waals surface area (Å²) < 4.78 is 0. The van der Waals surface area contributed by atoms with Crippen LogP contribution in [0.2, 0.25) is 0 Å². The van der Waals surface area contributed by atoms with Crippen molar-refractivity contribution in [2.24, 2.45) is 0 Å². The molecule has 98 valence electrons. The van der Waals surface area contributed by atoms with Crippen molar-refractivity contribution in [3.63, 3.8) is 0 Å². The monoisotopic (exact) mass is 245 g/mol. The van der Waals surface area contributed by atoms with Crippen LogP contribution in [0.4, 0.5) is 11.4 Å². The molecular formula is C15H23N3. The average Bonchev–Trinajstić information content (AvgIpc) is 2.99. The number of hydrogen-bond acceptors (Lipinski definition) is 3. The normalized spacial score (nSPS) is 24.9. The predicted molar refractivity (Wildman–Crippen MR) is 77.0 cm³/mol. The highest BCUT2D eigenvalue weighted by molar-refractivity contribution is 5.68. The zero-order valence-electron chi connectivity index (χ0n) is 11.2. The van der Waals surface area contributed by atoms with Gasteiger partial charge in [-0.2, -0.15) is 0 Å². The van der Waals surface area contributed by atoms with E-state index in [4.69, 9.17) is 5.73 Å². The molecule has 2 heterocycles. The molecule has 2 N–H and O–H groups in total. The van der Waals surface area contributed by atoms with Crippen molar-refractivity contribution in [2.45, 2.75) is 32.2 Å². The molecule has 2 fully saturated rings. The zero-order chi connectivity index (χ0) is 12.5. The predicted octanol–water partition coefficient (Wildman–Crippen LogP) is 2.25. The molecule has 0 bridgehead atoms. The highest BCUT2D eigenvalue weighted by Gasteiger charge is 2.29. The summed E-state index contributed by atoms with van der Waals surface area (Å²) in [5.74, 6) is 0. The molecule has 1 atom stereocenters. The van der Waals surface area contributed by atoms with Crippen LogP contribution in [0.1, 0.15) is 24.8 Å². The van der Waals surface area contributed by atoms with Crippen molar-refractivity contribution in [3.8, 4) is 0 Å². The van der Waals surface area contributed by atoms with E-state index in [0.29, 0.717) is 0 Å². The van der Waals surface area contributed by atoms with Crippen molar-refractivity contribution in [3.05, 3.63) is 23.8 Å². The third kappa shape index (κ3) is 2.19. The first-order chi connectivity index (χ1) is 8.74. The molecule has 1 unspecified atom stereocenters. The highest BCUT2D eigenvalue weighted by Crippen LogP contribution is 2.29. The standard InChI is InChI=1S/C15H23N3/c1-12-4-5-15(14(16)10-12)18-9-6-13(11-18)17-7-2-3-8-17/h4-5,10,13H,2-3,6-9,11,16H2,1H3. The quantitative estimate of drug-likeness (QED) is 0.811. The van der Waals surface area contributed by atoms with E-state index >= 15 is 0 Å². The molecule has 2 saturated heterocycles. The lowest BCUT2D eigenvalue weighted by molar-refractivity contribution is 0.260. The molecule has 3 nitrogen and oxygen atoms in total. The Balaban J connectivity index is 1.71. The molecule has 0 aliphatic carbocycles. The second kappa shape index (κ2) is 4.81. The topological polar surface area (TPSA) is 32.5 Å². The number of benzene rings is 1. The summed E-state index contributed by atoms with van der Waals surface area (Å²) in [6.07, 6.45) is 4.04. The highest BCUT2D eigenvalue weighted by atomic mass is 15.3. The molecule has 0 amide bonds. The molecule has 18 heavy (non-hydrogen) atoms. The summed E-state index contributed by atoms with van der Waals surface area (Å²) in [6, 6.07) is 7.16. The fraction of sp³-hybridized carbons (Fsp3) is 0.600. The van der Waals surface area contributed by atoms with Crippen molar-refractivity contribution < 1.29 is 0 Å². The Morgan fingerprint density at radius 3 is 2.67 bits per heavy atom. The Morgan fingerprint density at radius 1 is 1.17 bits per heavy atom. The van der Waals surface area contributed by atoms with Crippen molar-refractivity contribution >= 4 is 11.4 Å². The largest absolute Gasteiger partial charge is 0.397 e. The van der Waals surface area contributed by atoms with Crippen molar-refractivity contribution in [2.75, 3.05) is 36.8 Å². The van der Waals surface area contributed by atoms with Crippen LogP contribution in [-0.4, -0.2) is 37.1 Å². The van der Waals surface area contributed by atoms with E-state index in [-0.39, 0.29) is 0 Å². The number of nitrogens with two attached hydrogens (primary N) is 1. The van der Waals surface area contributed by atoms with Crippen LogP contribution in [-0.2, 0) is 0 Å². The number of anilines is 2. The van der Waals surface area contributed by atoms with E-state index < -0.39 is 0 Å². The first-order valence-corrected chi connectivity index (χ1v) is 7.09. The third-order valence-corrected chi connectivity index (χ3v) is 4.34. The maximum Gasteiger partial charge on any atom is 0.0600 e. The second-order valence-electron chi connectivity index (χ2n) is 5.69. The summed E-state index contributed by atoms with van der Waals surface area (Å²) >= 11 is 0. The van der Waals surface area contributed by atoms with Gasteiger partial charge in [-0.25, -0.2) is 0 Å². The molecule has 0 spiro atoms. The van der Waals surface area contributed by atoms with E-state index in [0.717, 1.165) is 24.8 Å². The van der Waals surface area contributed by atoms with Crippen LogP contribution in [0.25, 0.3) is 0 Å². The lowest BCUT2D eigenvalue weighted by atomic mass is 10.2. The lowest BCUT2D eigenvalue weighted by Crippen LogP contribution is -2.35. The number of hydrogen-bond donors (Lipinski definition) is 1. The van der Waals surface area contributed by atoms with Gasteiger partial charge in [-0.15, -0.1) is 0 Å². The van der Waals surface area contributed by atoms with Gasteiger partial charge in [-0.1, -0.05) is 6.07 Å². The Kier molecular flexibility index (Phi) is 3.16. The van der Waals surface area contributed by atoms with Gasteiger partial charge >= 0.3 is 0 Å². The Morgan fingerprint density at radius 2 is 1.94 bits per heavy atom. The van der Waals surface area contributed by atoms with Gasteiger partial charge in [0.05, 0.1) is 11.4 Å². The Hall–Kier alpha value is -1.22. The van der Waals surface area contributed by atoms with Crippen LogP contribution >= 0.6 is 0 Å². The molecule has 0 radical (unpaired) electrons. The van der Waals surface area contributed by atoms with Crippen LogP contribution < -0.4 is 10.6 Å². The minimum absolute atomic E-state index is 0.744. The molecule has 1 aromatic rings. The van der Waals surface area contributed by atoms with Gasteiger partial charge in [0.2, 0.25) is 0 Å². The number of nitrogens with zero attached hydrogens (tertiary/aromatic N) is 2. The maximum absolute atomic E-state index is 6.14. The van der Waals surface area contributed by atoms with Gasteiger partial charge in [-0.3, -0.25) is 4.90 Å². The SMILES string of the molecule is Cc1ccc(N2CCC(N3CCCC3)C2)c(N)c1. The minimum atomic E-state index is 0.744. The van der Waals surface area contributed by atoms with E-state index in [1.807, 2.05) is 0 Å². The number of likely N-dealkylation sites (tertiary alicyclic amines) is 1. The smallest absolute Gasteiger partial charge is 0.0600 e. The number of nitrogen functional groups attached to an aromatic ring is 1. The Bertz CT molecular complexity index is 424. The Labute approximate surface area is 110 Å². The lowest BCUT2D eigenvalue weighted by Gasteiger charge is -2.25. The third-order valence-electron chi connectivity index (χ3n) is 4.34.